The molecule has 1 atom stereocenters. The molecule has 5 nitrogen and oxygen atoms in total. The van der Waals surface area contributed by atoms with Gasteiger partial charge in [0.15, 0.2) is 6.29 Å². The van der Waals surface area contributed by atoms with Crippen molar-refractivity contribution in [1.82, 2.24) is 0 Å². The summed E-state index contributed by atoms with van der Waals surface area (Å²) in [6.45, 7) is 1.83. The quantitative estimate of drug-likeness (QED) is 0.730. The number of benzene rings is 1. The third kappa shape index (κ3) is 2.77. The summed E-state index contributed by atoms with van der Waals surface area (Å²) in [7, 11) is 3.08. The second kappa shape index (κ2) is 5.58. The van der Waals surface area contributed by atoms with Crippen molar-refractivity contribution in [2.75, 3.05) is 14.2 Å². The van der Waals surface area contributed by atoms with Crippen LogP contribution in [0.2, 0.25) is 0 Å². The topological polar surface area (TPSA) is 73.9 Å². The van der Waals surface area contributed by atoms with Crippen LogP contribution < -0.4 is 19.9 Å². The molecule has 0 radical (unpaired) electrons. The number of rotatable bonds is 5. The first-order valence-electron chi connectivity index (χ1n) is 4.92. The fraction of sp³-hybridized carbons (Fsp3) is 0.455. The minimum absolute atomic E-state index is 0.307. The van der Waals surface area contributed by atoms with E-state index >= 15 is 0 Å². The second-order valence-corrected chi connectivity index (χ2v) is 3.23. The van der Waals surface area contributed by atoms with Crippen molar-refractivity contribution in [3.05, 3.63) is 17.7 Å². The molecule has 0 heterocycles. The van der Waals surface area contributed by atoms with Gasteiger partial charge in [-0.1, -0.05) is 0 Å². The Bertz CT molecular complexity index is 327. The molecule has 0 saturated heterocycles. The maximum atomic E-state index is 9.13. The number of methoxy groups -OCH3 is 2. The van der Waals surface area contributed by atoms with Gasteiger partial charge in [-0.15, -0.1) is 0 Å². The summed E-state index contributed by atoms with van der Waals surface area (Å²) in [6, 6.07) is 3.33. The summed E-state index contributed by atoms with van der Waals surface area (Å²) in [5.74, 6) is 1.64. The Hall–Kier alpha value is -1.46. The monoisotopic (exact) mass is 227 g/mol. The van der Waals surface area contributed by atoms with Crippen molar-refractivity contribution < 1.29 is 19.3 Å². The van der Waals surface area contributed by atoms with Gasteiger partial charge in [0.1, 0.15) is 17.2 Å². The Morgan fingerprint density at radius 3 is 2.06 bits per heavy atom. The molecule has 1 unspecified atom stereocenters. The summed E-state index contributed by atoms with van der Waals surface area (Å²) >= 11 is 0. The molecular formula is C11H17NO4. The van der Waals surface area contributed by atoms with Crippen LogP contribution in [0.3, 0.4) is 0 Å². The average molecular weight is 227 g/mol. The summed E-state index contributed by atoms with van der Waals surface area (Å²) in [6.07, 6.45) is -0.891. The average Bonchev–Trinajstić information content (AvgIpc) is 2.26. The number of hydrogen-bond donors (Lipinski definition) is 2. The van der Waals surface area contributed by atoms with Gasteiger partial charge in [-0.3, -0.25) is 0 Å². The van der Waals surface area contributed by atoms with E-state index in [1.807, 2.05) is 0 Å². The van der Waals surface area contributed by atoms with Gasteiger partial charge in [0.25, 0.3) is 0 Å². The molecule has 0 aliphatic heterocycles. The van der Waals surface area contributed by atoms with Crippen LogP contribution in [0.4, 0.5) is 0 Å². The predicted octanol–water partition coefficient (Wildman–Crippen LogP) is 0.880. The summed E-state index contributed by atoms with van der Waals surface area (Å²) in [5, 5.41) is 9.13. The molecule has 1 rings (SSSR count). The fourth-order valence-corrected chi connectivity index (χ4v) is 1.43. The van der Waals surface area contributed by atoms with E-state index in [1.54, 1.807) is 26.4 Å². The molecule has 0 aliphatic rings. The van der Waals surface area contributed by atoms with E-state index < -0.39 is 6.29 Å². The standard InChI is InChI=1S/C11H17NO4/c1-7(13)16-8-4-10(14-2)9(6-12)11(5-8)15-3/h4-5,7,13H,6,12H2,1-3H3. The van der Waals surface area contributed by atoms with E-state index in [4.69, 9.17) is 25.1 Å². The summed E-state index contributed by atoms with van der Waals surface area (Å²) in [4.78, 5) is 0. The van der Waals surface area contributed by atoms with Gasteiger partial charge >= 0.3 is 0 Å². The van der Waals surface area contributed by atoms with Crippen molar-refractivity contribution in [3.63, 3.8) is 0 Å². The minimum Gasteiger partial charge on any atom is -0.496 e. The third-order valence-corrected chi connectivity index (χ3v) is 2.09. The van der Waals surface area contributed by atoms with Crippen LogP contribution in [0, 0.1) is 0 Å². The van der Waals surface area contributed by atoms with Crippen LogP contribution in [0.5, 0.6) is 17.2 Å². The predicted molar refractivity (Wildman–Crippen MR) is 59.7 cm³/mol. The Morgan fingerprint density at radius 1 is 1.25 bits per heavy atom. The van der Waals surface area contributed by atoms with E-state index in [1.165, 1.54) is 6.92 Å². The first-order chi connectivity index (χ1) is 7.62. The van der Waals surface area contributed by atoms with Gasteiger partial charge < -0.3 is 25.1 Å². The van der Waals surface area contributed by atoms with Crippen LogP contribution in [-0.4, -0.2) is 25.6 Å². The lowest BCUT2D eigenvalue weighted by Gasteiger charge is -2.15. The van der Waals surface area contributed by atoms with Gasteiger partial charge in [0, 0.05) is 24.2 Å². The van der Waals surface area contributed by atoms with Crippen molar-refractivity contribution >= 4 is 0 Å². The van der Waals surface area contributed by atoms with Crippen molar-refractivity contribution in [3.8, 4) is 17.2 Å². The lowest BCUT2D eigenvalue weighted by atomic mass is 10.1. The molecule has 0 aliphatic carbocycles. The van der Waals surface area contributed by atoms with E-state index in [2.05, 4.69) is 0 Å². The van der Waals surface area contributed by atoms with E-state index in [0.29, 0.717) is 23.8 Å². The number of ether oxygens (including phenoxy) is 3. The molecule has 90 valence electrons. The Balaban J connectivity index is 3.15. The molecule has 0 spiro atoms. The van der Waals surface area contributed by atoms with Crippen LogP contribution in [0.25, 0.3) is 0 Å². The maximum Gasteiger partial charge on any atom is 0.194 e. The van der Waals surface area contributed by atoms with E-state index in [0.717, 1.165) is 5.56 Å². The number of nitrogens with two attached hydrogens (primary N) is 1. The second-order valence-electron chi connectivity index (χ2n) is 3.23. The zero-order chi connectivity index (χ0) is 12.1. The van der Waals surface area contributed by atoms with Crippen LogP contribution >= 0.6 is 0 Å². The molecular weight excluding hydrogens is 210 g/mol. The number of aliphatic hydroxyl groups is 1. The van der Waals surface area contributed by atoms with Gasteiger partial charge in [-0.2, -0.15) is 0 Å². The van der Waals surface area contributed by atoms with Crippen LogP contribution in [0.1, 0.15) is 12.5 Å². The van der Waals surface area contributed by atoms with Gasteiger partial charge in [0.2, 0.25) is 0 Å². The smallest absolute Gasteiger partial charge is 0.194 e. The maximum absolute atomic E-state index is 9.13. The fourth-order valence-electron chi connectivity index (χ4n) is 1.43. The molecule has 1 aromatic rings. The lowest BCUT2D eigenvalue weighted by molar-refractivity contribution is -0.000549. The van der Waals surface area contributed by atoms with Crippen molar-refractivity contribution in [2.45, 2.75) is 19.8 Å². The molecule has 16 heavy (non-hydrogen) atoms. The zero-order valence-corrected chi connectivity index (χ0v) is 9.69. The normalized spacial score (nSPS) is 12.1. The molecule has 0 saturated carbocycles. The highest BCUT2D eigenvalue weighted by atomic mass is 16.6. The molecule has 0 aromatic heterocycles. The summed E-state index contributed by atoms with van der Waals surface area (Å²) in [5.41, 5.74) is 6.37. The third-order valence-electron chi connectivity index (χ3n) is 2.09. The highest BCUT2D eigenvalue weighted by Gasteiger charge is 2.12. The molecule has 0 amide bonds. The minimum atomic E-state index is -0.891. The molecule has 0 fully saturated rings. The number of aliphatic hydroxyl groups excluding tert-OH is 1. The van der Waals surface area contributed by atoms with Crippen LogP contribution in [0.15, 0.2) is 12.1 Å². The van der Waals surface area contributed by atoms with Gasteiger partial charge in [-0.05, 0) is 6.92 Å². The van der Waals surface area contributed by atoms with Crippen LogP contribution in [-0.2, 0) is 6.54 Å². The van der Waals surface area contributed by atoms with Gasteiger partial charge in [-0.25, -0.2) is 0 Å². The largest absolute Gasteiger partial charge is 0.496 e. The SMILES string of the molecule is COc1cc(OC(C)O)cc(OC)c1CN. The van der Waals surface area contributed by atoms with Gasteiger partial charge in [0.05, 0.1) is 14.2 Å². The Kier molecular flexibility index (Phi) is 4.39. The molecule has 3 N–H and O–H groups in total. The van der Waals surface area contributed by atoms with E-state index in [9.17, 15) is 0 Å². The Morgan fingerprint density at radius 2 is 1.75 bits per heavy atom. The molecule has 1 aromatic carbocycles. The summed E-state index contributed by atoms with van der Waals surface area (Å²) < 4.78 is 15.5. The first-order valence-corrected chi connectivity index (χ1v) is 4.92. The first kappa shape index (κ1) is 12.6. The highest BCUT2D eigenvalue weighted by molar-refractivity contribution is 5.50. The van der Waals surface area contributed by atoms with E-state index in [-0.39, 0.29) is 0 Å². The zero-order valence-electron chi connectivity index (χ0n) is 9.69. The lowest BCUT2D eigenvalue weighted by Crippen LogP contribution is -2.10. The molecule has 5 heteroatoms. The highest BCUT2D eigenvalue weighted by Crippen LogP contribution is 2.33. The Labute approximate surface area is 94.7 Å². The van der Waals surface area contributed by atoms with Crippen molar-refractivity contribution in [2.24, 2.45) is 5.73 Å². The number of hydrogen-bond acceptors (Lipinski definition) is 5. The van der Waals surface area contributed by atoms with Crippen molar-refractivity contribution in [1.29, 1.82) is 0 Å². The molecule has 0 bridgehead atoms.